The molecule has 3 amide bonds. The molecule has 4 nitrogen and oxygen atoms in total. The number of hydrogen-bond acceptors (Lipinski definition) is 4. The van der Waals surface area contributed by atoms with Crippen LogP contribution in [0.3, 0.4) is 0 Å². The number of nitrogens with zero attached hydrogens (tertiary/aromatic N) is 2. The van der Waals surface area contributed by atoms with Gasteiger partial charge >= 0.3 is 6.03 Å². The van der Waals surface area contributed by atoms with Crippen LogP contribution >= 0.6 is 34.7 Å². The Hall–Kier alpha value is -1.50. The maximum absolute atomic E-state index is 12.8. The number of urea groups is 1. The smallest absolute Gasteiger partial charge is 0.294 e. The number of hydrogen-bond donors (Lipinski definition) is 0. The maximum Gasteiger partial charge on any atom is 0.333 e. The van der Waals surface area contributed by atoms with E-state index >= 15 is 0 Å². The van der Waals surface area contributed by atoms with E-state index in [4.69, 9.17) is 11.6 Å². The zero-order valence-electron chi connectivity index (χ0n) is 11.3. The fourth-order valence-electron chi connectivity index (χ4n) is 2.77. The third kappa shape index (κ3) is 2.06. The van der Waals surface area contributed by atoms with E-state index in [0.29, 0.717) is 16.5 Å². The summed E-state index contributed by atoms with van der Waals surface area (Å²) in [5, 5.41) is 2.50. The number of benzene rings is 1. The number of fused-ring (bicyclic) bond motifs is 1. The zero-order chi connectivity index (χ0) is 15.3. The lowest BCUT2D eigenvalue weighted by molar-refractivity contribution is -0.119. The van der Waals surface area contributed by atoms with Crippen LogP contribution in [0.15, 0.2) is 41.8 Å². The second-order valence-electron chi connectivity index (χ2n) is 5.06. The van der Waals surface area contributed by atoms with Gasteiger partial charge < -0.3 is 0 Å². The maximum atomic E-state index is 12.8. The Bertz CT molecular complexity index is 733. The molecule has 2 aliphatic rings. The molecule has 1 aromatic heterocycles. The molecule has 3 heterocycles. The minimum absolute atomic E-state index is 0.0706. The molecule has 1 aromatic carbocycles. The molecule has 2 saturated heterocycles. The van der Waals surface area contributed by atoms with Crippen molar-refractivity contribution in [3.05, 3.63) is 51.7 Å². The number of carbonyl (C=O) groups excluding carboxylic acids is 2. The van der Waals surface area contributed by atoms with Gasteiger partial charge in [0.05, 0.1) is 5.69 Å². The summed E-state index contributed by atoms with van der Waals surface area (Å²) in [6.45, 7) is 0. The Kier molecular flexibility index (Phi) is 3.40. The summed E-state index contributed by atoms with van der Waals surface area (Å²) in [6, 6.07) is 10.1. The second-order valence-corrected chi connectivity index (χ2v) is 7.59. The van der Waals surface area contributed by atoms with Crippen molar-refractivity contribution in [1.82, 2.24) is 4.90 Å². The molecule has 2 aromatic rings. The lowest BCUT2D eigenvalue weighted by atomic mass is 10.2. The molecule has 2 unspecified atom stereocenters. The Morgan fingerprint density at radius 3 is 2.59 bits per heavy atom. The van der Waals surface area contributed by atoms with E-state index in [1.165, 1.54) is 4.90 Å². The third-order valence-electron chi connectivity index (χ3n) is 3.79. The third-order valence-corrected chi connectivity index (χ3v) is 6.42. The lowest BCUT2D eigenvalue weighted by Gasteiger charge is -2.21. The topological polar surface area (TPSA) is 40.6 Å². The first-order valence-electron chi connectivity index (χ1n) is 6.73. The van der Waals surface area contributed by atoms with Crippen molar-refractivity contribution in [2.75, 3.05) is 10.7 Å². The van der Waals surface area contributed by atoms with E-state index in [-0.39, 0.29) is 23.4 Å². The number of halogens is 1. The quantitative estimate of drug-likeness (QED) is 0.769. The van der Waals surface area contributed by atoms with Crippen molar-refractivity contribution in [3.63, 3.8) is 0 Å². The lowest BCUT2D eigenvalue weighted by Crippen LogP contribution is -2.33. The van der Waals surface area contributed by atoms with E-state index in [1.807, 2.05) is 17.5 Å². The van der Waals surface area contributed by atoms with E-state index in [9.17, 15) is 9.59 Å². The van der Waals surface area contributed by atoms with Crippen molar-refractivity contribution >= 4 is 52.3 Å². The van der Waals surface area contributed by atoms with Gasteiger partial charge in [0.1, 0.15) is 11.4 Å². The highest BCUT2D eigenvalue weighted by Crippen LogP contribution is 2.47. The standard InChI is InChI=1S/C15H11ClN2O2S2/c16-9-3-5-10(6-4-9)17-13(19)11-8-22-14(18(11)15(17)20)12-2-1-7-21-12/h1-7,11,14H,8H2. The van der Waals surface area contributed by atoms with E-state index < -0.39 is 0 Å². The van der Waals surface area contributed by atoms with Crippen LogP contribution in [0.2, 0.25) is 5.02 Å². The van der Waals surface area contributed by atoms with Crippen LogP contribution in [0.4, 0.5) is 10.5 Å². The molecular weight excluding hydrogens is 340 g/mol. The van der Waals surface area contributed by atoms with Gasteiger partial charge in [0.2, 0.25) is 0 Å². The number of amides is 3. The highest BCUT2D eigenvalue weighted by Gasteiger charge is 2.53. The van der Waals surface area contributed by atoms with E-state index in [2.05, 4.69) is 0 Å². The van der Waals surface area contributed by atoms with Crippen molar-refractivity contribution in [2.45, 2.75) is 11.4 Å². The molecule has 0 spiro atoms. The van der Waals surface area contributed by atoms with Crippen LogP contribution in [-0.4, -0.2) is 28.6 Å². The Morgan fingerprint density at radius 1 is 1.14 bits per heavy atom. The number of imide groups is 1. The predicted molar refractivity (Wildman–Crippen MR) is 89.5 cm³/mol. The number of thiophene rings is 1. The van der Waals surface area contributed by atoms with Crippen LogP contribution in [0, 0.1) is 0 Å². The number of anilines is 1. The SMILES string of the molecule is O=C1C2CSC(c3cccs3)N2C(=O)N1c1ccc(Cl)cc1. The molecule has 4 rings (SSSR count). The molecule has 112 valence electrons. The van der Waals surface area contributed by atoms with Gasteiger partial charge in [0.15, 0.2) is 0 Å². The summed E-state index contributed by atoms with van der Waals surface area (Å²) >= 11 is 9.13. The number of carbonyl (C=O) groups is 2. The number of rotatable bonds is 2. The Balaban J connectivity index is 1.69. The fraction of sp³-hybridized carbons (Fsp3) is 0.200. The first-order valence-corrected chi connectivity index (χ1v) is 9.04. The molecule has 2 aliphatic heterocycles. The van der Waals surface area contributed by atoms with Crippen LogP contribution in [0.25, 0.3) is 0 Å². The molecule has 0 radical (unpaired) electrons. The largest absolute Gasteiger partial charge is 0.333 e. The monoisotopic (exact) mass is 350 g/mol. The van der Waals surface area contributed by atoms with Crippen molar-refractivity contribution in [1.29, 1.82) is 0 Å². The van der Waals surface area contributed by atoms with E-state index in [1.54, 1.807) is 52.3 Å². The minimum atomic E-state index is -0.375. The average Bonchev–Trinajstić information content (AvgIpc) is 3.21. The molecule has 0 N–H and O–H groups in total. The van der Waals surface area contributed by atoms with Gasteiger partial charge in [-0.15, -0.1) is 23.1 Å². The van der Waals surface area contributed by atoms with Crippen LogP contribution in [0.5, 0.6) is 0 Å². The summed E-state index contributed by atoms with van der Waals surface area (Å²) in [4.78, 5) is 29.5. The molecule has 7 heteroatoms. The Morgan fingerprint density at radius 2 is 1.91 bits per heavy atom. The average molecular weight is 351 g/mol. The zero-order valence-corrected chi connectivity index (χ0v) is 13.7. The first-order chi connectivity index (χ1) is 10.7. The fourth-order valence-corrected chi connectivity index (χ4v) is 5.27. The molecule has 0 aliphatic carbocycles. The van der Waals surface area contributed by atoms with Gasteiger partial charge in [-0.2, -0.15) is 0 Å². The minimum Gasteiger partial charge on any atom is -0.294 e. The van der Waals surface area contributed by atoms with Crippen LogP contribution < -0.4 is 4.90 Å². The van der Waals surface area contributed by atoms with Crippen LogP contribution in [-0.2, 0) is 4.79 Å². The molecule has 2 fully saturated rings. The van der Waals surface area contributed by atoms with Crippen molar-refractivity contribution < 1.29 is 9.59 Å². The summed E-state index contributed by atoms with van der Waals surface area (Å²) in [7, 11) is 0. The first kappa shape index (κ1) is 14.1. The summed E-state index contributed by atoms with van der Waals surface area (Å²) < 4.78 is 0. The second kappa shape index (κ2) is 5.30. The van der Waals surface area contributed by atoms with Crippen LogP contribution in [0.1, 0.15) is 10.3 Å². The van der Waals surface area contributed by atoms with Gasteiger partial charge in [-0.1, -0.05) is 17.7 Å². The van der Waals surface area contributed by atoms with Gasteiger partial charge in [0, 0.05) is 15.7 Å². The molecule has 2 atom stereocenters. The van der Waals surface area contributed by atoms with Gasteiger partial charge in [-0.25, -0.2) is 9.69 Å². The normalized spacial score (nSPS) is 24.2. The van der Waals surface area contributed by atoms with Gasteiger partial charge in [-0.3, -0.25) is 9.69 Å². The molecule has 22 heavy (non-hydrogen) atoms. The van der Waals surface area contributed by atoms with E-state index in [0.717, 1.165) is 4.88 Å². The van der Waals surface area contributed by atoms with Gasteiger partial charge in [-0.05, 0) is 35.7 Å². The molecule has 0 saturated carbocycles. The molecule has 0 bridgehead atoms. The summed E-state index contributed by atoms with van der Waals surface area (Å²) in [5.41, 5.74) is 0.573. The highest BCUT2D eigenvalue weighted by atomic mass is 35.5. The van der Waals surface area contributed by atoms with Crippen molar-refractivity contribution in [2.24, 2.45) is 0 Å². The molecular formula is C15H11ClN2O2S2. The summed E-state index contributed by atoms with van der Waals surface area (Å²) in [5.74, 6) is 0.482. The van der Waals surface area contributed by atoms with Gasteiger partial charge in [0.25, 0.3) is 5.91 Å². The Labute approximate surface area is 140 Å². The number of thioether (sulfide) groups is 1. The van der Waals surface area contributed by atoms with Crippen molar-refractivity contribution in [3.8, 4) is 0 Å². The highest BCUT2D eigenvalue weighted by molar-refractivity contribution is 7.99. The summed E-state index contributed by atoms with van der Waals surface area (Å²) in [6.07, 6.45) is 0. The predicted octanol–water partition coefficient (Wildman–Crippen LogP) is 3.98.